The number of carbonyl (C=O) groups excluding carboxylic acids is 1. The summed E-state index contributed by atoms with van der Waals surface area (Å²) in [5, 5.41) is 16.3. The standard InChI is InChI=1S/C16H15N5O3/c22-11-7-20(8-11)16(24)13(10-4-2-1-3-5-10)21-9-17-14-12(15(21)23)6-18-19-14/h1-6,9,11,13,22H,7-8H2,(H,18,19). The number of benzene rings is 1. The minimum Gasteiger partial charge on any atom is -0.389 e. The molecule has 1 saturated heterocycles. The van der Waals surface area contributed by atoms with Crippen molar-refractivity contribution in [2.75, 3.05) is 13.1 Å². The van der Waals surface area contributed by atoms with Crippen molar-refractivity contribution in [2.24, 2.45) is 0 Å². The molecular weight excluding hydrogens is 310 g/mol. The Hall–Kier alpha value is -3.00. The fourth-order valence-electron chi connectivity index (χ4n) is 2.90. The molecule has 1 fully saturated rings. The highest BCUT2D eigenvalue weighted by Gasteiger charge is 2.35. The number of fused-ring (bicyclic) bond motifs is 1. The van der Waals surface area contributed by atoms with E-state index in [9.17, 15) is 14.7 Å². The Bertz CT molecular complexity index is 943. The highest BCUT2D eigenvalue weighted by molar-refractivity contribution is 5.85. The van der Waals surface area contributed by atoms with Crippen LogP contribution in [0, 0.1) is 0 Å². The maximum atomic E-state index is 12.9. The fraction of sp³-hybridized carbons (Fsp3) is 0.250. The van der Waals surface area contributed by atoms with E-state index in [0.29, 0.717) is 16.6 Å². The molecule has 0 aliphatic carbocycles. The Balaban J connectivity index is 1.84. The molecule has 8 heteroatoms. The van der Waals surface area contributed by atoms with Gasteiger partial charge in [-0.15, -0.1) is 0 Å². The molecule has 1 atom stereocenters. The zero-order chi connectivity index (χ0) is 16.7. The van der Waals surface area contributed by atoms with E-state index in [2.05, 4.69) is 15.2 Å². The molecular formula is C16H15N5O3. The van der Waals surface area contributed by atoms with E-state index in [1.807, 2.05) is 18.2 Å². The van der Waals surface area contributed by atoms with E-state index < -0.39 is 12.1 Å². The molecule has 0 saturated carbocycles. The minimum absolute atomic E-state index is 0.238. The van der Waals surface area contributed by atoms with E-state index in [1.54, 1.807) is 12.1 Å². The molecule has 1 aliphatic rings. The summed E-state index contributed by atoms with van der Waals surface area (Å²) in [6.45, 7) is 0.552. The van der Waals surface area contributed by atoms with Crippen LogP contribution in [0.25, 0.3) is 11.0 Å². The third-order valence-electron chi connectivity index (χ3n) is 4.20. The van der Waals surface area contributed by atoms with Crippen molar-refractivity contribution in [3.8, 4) is 0 Å². The summed E-state index contributed by atoms with van der Waals surface area (Å²) < 4.78 is 1.32. The maximum absolute atomic E-state index is 12.9. The number of amides is 1. The van der Waals surface area contributed by atoms with Crippen LogP contribution in [0.1, 0.15) is 11.6 Å². The number of β-amino-alcohol motifs (C(OH)–C–C–N with tert-alkyl or cyclic N) is 1. The first-order valence-corrected chi connectivity index (χ1v) is 7.57. The number of nitrogens with one attached hydrogen (secondary N) is 1. The van der Waals surface area contributed by atoms with Gasteiger partial charge in [0.15, 0.2) is 5.65 Å². The van der Waals surface area contributed by atoms with Gasteiger partial charge >= 0.3 is 0 Å². The minimum atomic E-state index is -0.821. The van der Waals surface area contributed by atoms with Crippen molar-refractivity contribution in [1.82, 2.24) is 24.6 Å². The first-order valence-electron chi connectivity index (χ1n) is 7.57. The molecule has 2 N–H and O–H groups in total. The lowest BCUT2D eigenvalue weighted by atomic mass is 10.0. The highest BCUT2D eigenvalue weighted by atomic mass is 16.3. The number of likely N-dealkylation sites (tertiary alicyclic amines) is 1. The summed E-state index contributed by atoms with van der Waals surface area (Å²) >= 11 is 0. The largest absolute Gasteiger partial charge is 0.389 e. The van der Waals surface area contributed by atoms with Gasteiger partial charge in [0.25, 0.3) is 11.5 Å². The molecule has 24 heavy (non-hydrogen) atoms. The predicted molar refractivity (Wildman–Crippen MR) is 85.3 cm³/mol. The molecule has 1 aliphatic heterocycles. The molecule has 4 rings (SSSR count). The average Bonchev–Trinajstić information content (AvgIpc) is 3.05. The Kier molecular flexibility index (Phi) is 3.39. The van der Waals surface area contributed by atoms with Crippen LogP contribution >= 0.6 is 0 Å². The van der Waals surface area contributed by atoms with Crippen LogP contribution in [0.3, 0.4) is 0 Å². The number of aliphatic hydroxyl groups excluding tert-OH is 1. The molecule has 1 unspecified atom stereocenters. The van der Waals surface area contributed by atoms with Crippen LogP contribution in [-0.2, 0) is 4.79 Å². The second-order valence-electron chi connectivity index (χ2n) is 5.80. The number of aromatic nitrogens is 4. The summed E-state index contributed by atoms with van der Waals surface area (Å²) in [5.74, 6) is -0.238. The van der Waals surface area contributed by atoms with Gasteiger partial charge in [0, 0.05) is 13.1 Å². The Morgan fingerprint density at radius 1 is 1.29 bits per heavy atom. The monoisotopic (exact) mass is 325 g/mol. The van der Waals surface area contributed by atoms with Crippen LogP contribution < -0.4 is 5.56 Å². The van der Waals surface area contributed by atoms with Gasteiger partial charge in [0.1, 0.15) is 17.8 Å². The van der Waals surface area contributed by atoms with E-state index in [1.165, 1.54) is 22.0 Å². The van der Waals surface area contributed by atoms with E-state index in [0.717, 1.165) is 0 Å². The van der Waals surface area contributed by atoms with Crippen molar-refractivity contribution in [3.05, 3.63) is 58.8 Å². The van der Waals surface area contributed by atoms with Gasteiger partial charge in [-0.1, -0.05) is 30.3 Å². The van der Waals surface area contributed by atoms with Gasteiger partial charge in [-0.2, -0.15) is 5.10 Å². The summed E-state index contributed by atoms with van der Waals surface area (Å²) in [4.78, 5) is 31.4. The highest BCUT2D eigenvalue weighted by Crippen LogP contribution is 2.23. The second kappa shape index (κ2) is 5.57. The molecule has 3 heterocycles. The average molecular weight is 325 g/mol. The Labute approximate surface area is 136 Å². The third-order valence-corrected chi connectivity index (χ3v) is 4.20. The third kappa shape index (κ3) is 2.28. The Morgan fingerprint density at radius 2 is 2.04 bits per heavy atom. The number of rotatable bonds is 3. The first kappa shape index (κ1) is 14.6. The van der Waals surface area contributed by atoms with Crippen molar-refractivity contribution in [2.45, 2.75) is 12.1 Å². The van der Waals surface area contributed by atoms with Gasteiger partial charge in [0.2, 0.25) is 0 Å². The van der Waals surface area contributed by atoms with Gasteiger partial charge in [0.05, 0.1) is 12.3 Å². The van der Waals surface area contributed by atoms with Crippen LogP contribution in [0.15, 0.2) is 47.7 Å². The van der Waals surface area contributed by atoms with Crippen molar-refractivity contribution in [1.29, 1.82) is 0 Å². The molecule has 0 bridgehead atoms. The van der Waals surface area contributed by atoms with E-state index >= 15 is 0 Å². The molecule has 1 aromatic carbocycles. The first-order chi connectivity index (χ1) is 11.6. The summed E-state index contributed by atoms with van der Waals surface area (Å²) in [5.41, 5.74) is 0.738. The molecule has 1 amide bonds. The van der Waals surface area contributed by atoms with Crippen LogP contribution in [0.2, 0.25) is 0 Å². The number of hydrogen-bond acceptors (Lipinski definition) is 5. The van der Waals surface area contributed by atoms with Crippen molar-refractivity contribution in [3.63, 3.8) is 0 Å². The number of nitrogens with zero attached hydrogens (tertiary/aromatic N) is 4. The zero-order valence-electron chi connectivity index (χ0n) is 12.7. The van der Waals surface area contributed by atoms with Gasteiger partial charge in [-0.3, -0.25) is 19.3 Å². The zero-order valence-corrected chi connectivity index (χ0v) is 12.7. The van der Waals surface area contributed by atoms with Crippen LogP contribution in [-0.4, -0.2) is 54.9 Å². The van der Waals surface area contributed by atoms with E-state index in [-0.39, 0.29) is 24.6 Å². The normalized spacial score (nSPS) is 16.1. The lowest BCUT2D eigenvalue weighted by Gasteiger charge is -2.38. The van der Waals surface area contributed by atoms with Crippen LogP contribution in [0.5, 0.6) is 0 Å². The van der Waals surface area contributed by atoms with Gasteiger partial charge in [-0.05, 0) is 5.56 Å². The summed E-state index contributed by atoms with van der Waals surface area (Å²) in [7, 11) is 0. The molecule has 3 aromatic rings. The quantitative estimate of drug-likeness (QED) is 0.700. The number of hydrogen-bond donors (Lipinski definition) is 2. The molecule has 0 spiro atoms. The SMILES string of the molecule is O=C(C(c1ccccc1)n1cnc2[nH]ncc2c1=O)N1CC(O)C1. The number of aliphatic hydroxyl groups is 1. The van der Waals surface area contributed by atoms with Crippen LogP contribution in [0.4, 0.5) is 0 Å². The topological polar surface area (TPSA) is 104 Å². The van der Waals surface area contributed by atoms with Crippen molar-refractivity contribution >= 4 is 16.9 Å². The van der Waals surface area contributed by atoms with Crippen molar-refractivity contribution < 1.29 is 9.90 Å². The molecule has 0 radical (unpaired) electrons. The lowest BCUT2D eigenvalue weighted by molar-refractivity contribution is -0.143. The van der Waals surface area contributed by atoms with Gasteiger partial charge < -0.3 is 10.0 Å². The number of aromatic amines is 1. The lowest BCUT2D eigenvalue weighted by Crippen LogP contribution is -2.56. The number of carbonyl (C=O) groups is 1. The van der Waals surface area contributed by atoms with E-state index in [4.69, 9.17) is 0 Å². The molecule has 8 nitrogen and oxygen atoms in total. The molecule has 2 aromatic heterocycles. The second-order valence-corrected chi connectivity index (χ2v) is 5.80. The smallest absolute Gasteiger partial charge is 0.265 e. The Morgan fingerprint density at radius 3 is 2.75 bits per heavy atom. The molecule has 122 valence electrons. The summed E-state index contributed by atoms with van der Waals surface area (Å²) in [6.07, 6.45) is 2.26. The van der Waals surface area contributed by atoms with Gasteiger partial charge in [-0.25, -0.2) is 4.98 Å². The maximum Gasteiger partial charge on any atom is 0.265 e. The predicted octanol–water partition coefficient (Wildman–Crippen LogP) is -0.0879. The number of H-pyrrole nitrogens is 1. The fourth-order valence-corrected chi connectivity index (χ4v) is 2.90. The summed E-state index contributed by atoms with van der Waals surface area (Å²) in [6, 6.07) is 8.25.